The molecule has 1 amide bonds. The first-order valence-corrected chi connectivity index (χ1v) is 11.0. The summed E-state index contributed by atoms with van der Waals surface area (Å²) in [6, 6.07) is 12.3. The maximum atomic E-state index is 13.1. The lowest BCUT2D eigenvalue weighted by atomic mass is 10.1. The Morgan fingerprint density at radius 3 is 2.18 bits per heavy atom. The third-order valence-corrected chi connectivity index (χ3v) is 6.90. The van der Waals surface area contributed by atoms with Gasteiger partial charge in [0, 0.05) is 25.3 Å². The van der Waals surface area contributed by atoms with Gasteiger partial charge in [0.15, 0.2) is 0 Å². The van der Waals surface area contributed by atoms with Gasteiger partial charge in [0.1, 0.15) is 5.82 Å². The van der Waals surface area contributed by atoms with E-state index in [-0.39, 0.29) is 23.0 Å². The number of hydrogen-bond acceptors (Lipinski definition) is 3. The normalized spacial score (nSPS) is 15.4. The first-order chi connectivity index (χ1) is 13.4. The van der Waals surface area contributed by atoms with Crippen LogP contribution in [-0.4, -0.2) is 38.3 Å². The van der Waals surface area contributed by atoms with Gasteiger partial charge in [-0.15, -0.1) is 0 Å². The van der Waals surface area contributed by atoms with Crippen LogP contribution in [0, 0.1) is 5.82 Å². The highest BCUT2D eigenvalue weighted by Crippen LogP contribution is 2.22. The van der Waals surface area contributed by atoms with E-state index >= 15 is 0 Å². The van der Waals surface area contributed by atoms with Crippen LogP contribution in [0.1, 0.15) is 31.7 Å². The average molecular weight is 405 g/mol. The van der Waals surface area contributed by atoms with Crippen LogP contribution in [0.2, 0.25) is 0 Å². The highest BCUT2D eigenvalue weighted by Gasteiger charge is 2.25. The molecule has 0 spiro atoms. The standard InChI is InChI=1S/C21H25FN2O3S/c1-2-24(19-10-8-18(22)9-11-19)21(25)16-17-6-12-20(13-7-17)28(26,27)23-14-4-3-5-15-23/h6-13H,2-5,14-16H2,1H3. The number of hydrogen-bond donors (Lipinski definition) is 0. The van der Waals surface area contributed by atoms with Crippen LogP contribution < -0.4 is 4.90 Å². The van der Waals surface area contributed by atoms with Gasteiger partial charge < -0.3 is 4.90 Å². The number of carbonyl (C=O) groups excluding carboxylic acids is 1. The average Bonchev–Trinajstić information content (AvgIpc) is 2.71. The van der Waals surface area contributed by atoms with Crippen molar-refractivity contribution < 1.29 is 17.6 Å². The van der Waals surface area contributed by atoms with Crippen LogP contribution in [0.15, 0.2) is 53.4 Å². The van der Waals surface area contributed by atoms with Gasteiger partial charge >= 0.3 is 0 Å². The molecule has 2 aromatic rings. The minimum Gasteiger partial charge on any atom is -0.312 e. The Kier molecular flexibility index (Phi) is 6.46. The molecule has 1 heterocycles. The van der Waals surface area contributed by atoms with Gasteiger partial charge in [-0.25, -0.2) is 12.8 Å². The van der Waals surface area contributed by atoms with E-state index in [1.54, 1.807) is 41.3 Å². The smallest absolute Gasteiger partial charge is 0.243 e. The molecule has 2 aromatic carbocycles. The molecule has 28 heavy (non-hydrogen) atoms. The number of carbonyl (C=O) groups is 1. The van der Waals surface area contributed by atoms with Crippen LogP contribution >= 0.6 is 0 Å². The second-order valence-corrected chi connectivity index (χ2v) is 8.84. The molecule has 0 atom stereocenters. The summed E-state index contributed by atoms with van der Waals surface area (Å²) < 4.78 is 40.1. The number of halogens is 1. The lowest BCUT2D eigenvalue weighted by Gasteiger charge is -2.26. The lowest BCUT2D eigenvalue weighted by molar-refractivity contribution is -0.117. The molecule has 0 radical (unpaired) electrons. The molecule has 0 N–H and O–H groups in total. The van der Waals surface area contributed by atoms with E-state index in [2.05, 4.69) is 0 Å². The Labute approximate surface area is 165 Å². The summed E-state index contributed by atoms with van der Waals surface area (Å²) in [4.78, 5) is 14.5. The maximum Gasteiger partial charge on any atom is 0.243 e. The van der Waals surface area contributed by atoms with Crippen LogP contribution in [0.3, 0.4) is 0 Å². The van der Waals surface area contributed by atoms with Crippen molar-refractivity contribution in [3.63, 3.8) is 0 Å². The van der Waals surface area contributed by atoms with Gasteiger partial charge in [0.05, 0.1) is 11.3 Å². The summed E-state index contributed by atoms with van der Waals surface area (Å²) >= 11 is 0. The quantitative estimate of drug-likeness (QED) is 0.739. The zero-order chi connectivity index (χ0) is 20.1. The van der Waals surface area contributed by atoms with Crippen molar-refractivity contribution in [2.75, 3.05) is 24.5 Å². The molecule has 1 saturated heterocycles. The lowest BCUT2D eigenvalue weighted by Crippen LogP contribution is -2.35. The number of piperidine rings is 1. The molecule has 3 rings (SSSR count). The van der Waals surface area contributed by atoms with E-state index in [0.717, 1.165) is 24.8 Å². The summed E-state index contributed by atoms with van der Waals surface area (Å²) in [7, 11) is -3.47. The van der Waals surface area contributed by atoms with Crippen LogP contribution in [0.4, 0.5) is 10.1 Å². The number of sulfonamides is 1. The van der Waals surface area contributed by atoms with Gasteiger partial charge in [-0.05, 0) is 61.7 Å². The summed E-state index contributed by atoms with van der Waals surface area (Å²) in [5.74, 6) is -0.474. The van der Waals surface area contributed by atoms with Gasteiger partial charge in [-0.2, -0.15) is 4.31 Å². The highest BCUT2D eigenvalue weighted by atomic mass is 32.2. The number of amides is 1. The van der Waals surface area contributed by atoms with Gasteiger partial charge in [-0.3, -0.25) is 4.79 Å². The minimum absolute atomic E-state index is 0.124. The van der Waals surface area contributed by atoms with E-state index < -0.39 is 10.0 Å². The SMILES string of the molecule is CCN(C(=O)Cc1ccc(S(=O)(=O)N2CCCCC2)cc1)c1ccc(F)cc1. The predicted molar refractivity (Wildman–Crippen MR) is 107 cm³/mol. The summed E-state index contributed by atoms with van der Waals surface area (Å²) in [5, 5.41) is 0. The summed E-state index contributed by atoms with van der Waals surface area (Å²) in [5.41, 5.74) is 1.38. The summed E-state index contributed by atoms with van der Waals surface area (Å²) in [6.07, 6.45) is 2.99. The fourth-order valence-corrected chi connectivity index (χ4v) is 4.94. The molecule has 0 bridgehead atoms. The third-order valence-electron chi connectivity index (χ3n) is 4.99. The topological polar surface area (TPSA) is 57.7 Å². The molecular formula is C21H25FN2O3S. The predicted octanol–water partition coefficient (Wildman–Crippen LogP) is 3.60. The first-order valence-electron chi connectivity index (χ1n) is 9.57. The number of anilines is 1. The second kappa shape index (κ2) is 8.84. The van der Waals surface area contributed by atoms with Crippen molar-refractivity contribution >= 4 is 21.6 Å². The number of rotatable bonds is 6. The maximum absolute atomic E-state index is 13.1. The fraction of sp³-hybridized carbons (Fsp3) is 0.381. The monoisotopic (exact) mass is 404 g/mol. The minimum atomic E-state index is -3.47. The zero-order valence-corrected chi connectivity index (χ0v) is 16.8. The molecule has 150 valence electrons. The molecular weight excluding hydrogens is 379 g/mol. The van der Waals surface area contributed by atoms with Crippen LogP contribution in [0.25, 0.3) is 0 Å². The van der Waals surface area contributed by atoms with Crippen molar-refractivity contribution in [1.29, 1.82) is 0 Å². The Balaban J connectivity index is 1.71. The molecule has 0 aliphatic carbocycles. The van der Waals surface area contributed by atoms with Gasteiger partial charge in [-0.1, -0.05) is 18.6 Å². The van der Waals surface area contributed by atoms with E-state index in [9.17, 15) is 17.6 Å². The van der Waals surface area contributed by atoms with Crippen molar-refractivity contribution in [3.05, 3.63) is 59.9 Å². The zero-order valence-electron chi connectivity index (χ0n) is 16.0. The molecule has 1 fully saturated rings. The first kappa shape index (κ1) is 20.5. The number of benzene rings is 2. The molecule has 1 aliphatic rings. The Bertz CT molecular complexity index is 906. The van der Waals surface area contributed by atoms with Crippen molar-refractivity contribution in [3.8, 4) is 0 Å². The van der Waals surface area contributed by atoms with Crippen LogP contribution in [-0.2, 0) is 21.2 Å². The molecule has 7 heteroatoms. The largest absolute Gasteiger partial charge is 0.312 e. The Hall–Kier alpha value is -2.25. The van der Waals surface area contributed by atoms with Crippen LogP contribution in [0.5, 0.6) is 0 Å². The fourth-order valence-electron chi connectivity index (χ4n) is 3.43. The Morgan fingerprint density at radius 1 is 1.00 bits per heavy atom. The summed E-state index contributed by atoms with van der Waals surface area (Å²) in [6.45, 7) is 3.44. The molecule has 5 nitrogen and oxygen atoms in total. The van der Waals surface area contributed by atoms with Crippen molar-refractivity contribution in [2.45, 2.75) is 37.5 Å². The Morgan fingerprint density at radius 2 is 1.61 bits per heavy atom. The van der Waals surface area contributed by atoms with Gasteiger partial charge in [0.2, 0.25) is 15.9 Å². The van der Waals surface area contributed by atoms with E-state index in [1.165, 1.54) is 16.4 Å². The molecule has 0 saturated carbocycles. The van der Waals surface area contributed by atoms with E-state index in [0.29, 0.717) is 25.3 Å². The van der Waals surface area contributed by atoms with E-state index in [1.807, 2.05) is 6.92 Å². The third kappa shape index (κ3) is 4.59. The number of likely N-dealkylation sites (N-methyl/N-ethyl adjacent to an activating group) is 1. The molecule has 1 aliphatic heterocycles. The molecule has 0 aromatic heterocycles. The number of nitrogens with zero attached hydrogens (tertiary/aromatic N) is 2. The highest BCUT2D eigenvalue weighted by molar-refractivity contribution is 7.89. The van der Waals surface area contributed by atoms with E-state index in [4.69, 9.17) is 0 Å². The second-order valence-electron chi connectivity index (χ2n) is 6.90. The van der Waals surface area contributed by atoms with Crippen molar-refractivity contribution in [2.24, 2.45) is 0 Å². The van der Waals surface area contributed by atoms with Crippen molar-refractivity contribution in [1.82, 2.24) is 4.31 Å². The molecule has 0 unspecified atom stereocenters. The van der Waals surface area contributed by atoms with Gasteiger partial charge in [0.25, 0.3) is 0 Å².